The number of unbranched alkanes of at least 4 members (excludes halogenated alkanes) is 14. The first-order chi connectivity index (χ1) is 12.5. The van der Waals surface area contributed by atoms with Gasteiger partial charge < -0.3 is 4.18 Å². The predicted molar refractivity (Wildman–Crippen MR) is 106 cm³/mol. The molecular formula is C20H40O5S. The van der Waals surface area contributed by atoms with Crippen molar-refractivity contribution >= 4 is 16.4 Å². The first-order valence-corrected chi connectivity index (χ1v) is 12.0. The second-order valence-corrected chi connectivity index (χ2v) is 8.19. The summed E-state index contributed by atoms with van der Waals surface area (Å²) in [6.07, 6.45) is 18.9. The second-order valence-electron chi connectivity index (χ2n) is 6.97. The molecule has 0 heterocycles. The molecule has 0 N–H and O–H groups in total. The van der Waals surface area contributed by atoms with Crippen molar-refractivity contribution in [1.82, 2.24) is 0 Å². The zero-order valence-corrected chi connectivity index (χ0v) is 17.8. The molecule has 0 aliphatic heterocycles. The number of carbonyl (C=O) groups excluding carboxylic acids is 1. The molecule has 0 amide bonds. The van der Waals surface area contributed by atoms with Gasteiger partial charge in [0.25, 0.3) is 0 Å². The van der Waals surface area contributed by atoms with Crippen LogP contribution in [-0.4, -0.2) is 21.0 Å². The number of hydrogen-bond donors (Lipinski definition) is 0. The lowest BCUT2D eigenvalue weighted by atomic mass is 10.0. The van der Waals surface area contributed by atoms with Gasteiger partial charge in [-0.3, -0.25) is 4.79 Å². The summed E-state index contributed by atoms with van der Waals surface area (Å²) in [5.41, 5.74) is 0. The average Bonchev–Trinajstić information content (AvgIpc) is 2.57. The highest BCUT2D eigenvalue weighted by Crippen LogP contribution is 2.14. The van der Waals surface area contributed by atoms with Crippen molar-refractivity contribution in [2.75, 3.05) is 6.61 Å². The Bertz CT molecular complexity index is 420. The number of hydrogen-bond acceptors (Lipinski definition) is 5. The van der Waals surface area contributed by atoms with Gasteiger partial charge in [0.15, 0.2) is 0 Å². The Morgan fingerprint density at radius 2 is 1.04 bits per heavy atom. The molecule has 0 saturated heterocycles. The summed E-state index contributed by atoms with van der Waals surface area (Å²) >= 11 is 0. The van der Waals surface area contributed by atoms with Gasteiger partial charge in [-0.2, -0.15) is 8.42 Å². The average molecular weight is 393 g/mol. The lowest BCUT2D eigenvalue weighted by molar-refractivity contribution is -0.134. The van der Waals surface area contributed by atoms with Gasteiger partial charge in [-0.1, -0.05) is 96.8 Å². The third-order valence-electron chi connectivity index (χ3n) is 4.44. The smallest absolute Gasteiger partial charge is 0.325 e. The number of rotatable bonds is 19. The molecule has 0 aromatic heterocycles. The second kappa shape index (κ2) is 17.8. The molecule has 0 saturated carbocycles. The van der Waals surface area contributed by atoms with Crippen molar-refractivity contribution in [3.8, 4) is 0 Å². The Hall–Kier alpha value is -0.620. The molecule has 0 aliphatic rings. The molecule has 0 fully saturated rings. The molecule has 0 atom stereocenters. The Labute approximate surface area is 161 Å². The van der Waals surface area contributed by atoms with Crippen LogP contribution in [0.5, 0.6) is 0 Å². The van der Waals surface area contributed by atoms with Crippen LogP contribution in [0.4, 0.5) is 0 Å². The SMILES string of the molecule is CCCCCCCCCCCCCCCCCC(=O)OS(=O)(=O)OCC. The maximum absolute atomic E-state index is 11.4. The molecule has 0 radical (unpaired) electrons. The number of carbonyl (C=O) groups is 1. The summed E-state index contributed by atoms with van der Waals surface area (Å²) in [5, 5.41) is 0. The van der Waals surface area contributed by atoms with Crippen molar-refractivity contribution in [3.63, 3.8) is 0 Å². The van der Waals surface area contributed by atoms with Crippen LogP contribution in [0.15, 0.2) is 0 Å². The Kier molecular flexibility index (Phi) is 17.4. The lowest BCUT2D eigenvalue weighted by Crippen LogP contribution is -2.15. The van der Waals surface area contributed by atoms with Crippen molar-refractivity contribution in [2.24, 2.45) is 0 Å². The molecule has 0 rings (SSSR count). The zero-order chi connectivity index (χ0) is 19.5. The van der Waals surface area contributed by atoms with Crippen LogP contribution in [0.2, 0.25) is 0 Å². The fourth-order valence-electron chi connectivity index (χ4n) is 2.96. The zero-order valence-electron chi connectivity index (χ0n) is 17.0. The van der Waals surface area contributed by atoms with Crippen molar-refractivity contribution in [1.29, 1.82) is 0 Å². The highest BCUT2D eigenvalue weighted by molar-refractivity contribution is 7.82. The van der Waals surface area contributed by atoms with Crippen LogP contribution < -0.4 is 0 Å². The summed E-state index contributed by atoms with van der Waals surface area (Å²) in [5.74, 6) is -0.729. The van der Waals surface area contributed by atoms with Gasteiger partial charge >= 0.3 is 16.4 Å². The van der Waals surface area contributed by atoms with Crippen LogP contribution in [-0.2, 0) is 23.6 Å². The van der Waals surface area contributed by atoms with E-state index in [1.807, 2.05) is 0 Å². The van der Waals surface area contributed by atoms with Gasteiger partial charge in [-0.25, -0.2) is 4.18 Å². The van der Waals surface area contributed by atoms with Gasteiger partial charge in [0.05, 0.1) is 6.61 Å². The minimum absolute atomic E-state index is 0.0332. The largest absolute Gasteiger partial charge is 0.451 e. The Morgan fingerprint density at radius 3 is 1.42 bits per heavy atom. The lowest BCUT2D eigenvalue weighted by Gasteiger charge is -2.05. The van der Waals surface area contributed by atoms with Crippen LogP contribution >= 0.6 is 0 Å². The van der Waals surface area contributed by atoms with Crippen molar-refractivity contribution in [2.45, 2.75) is 117 Å². The topological polar surface area (TPSA) is 69.7 Å². The van der Waals surface area contributed by atoms with Crippen LogP contribution in [0, 0.1) is 0 Å². The first-order valence-electron chi connectivity index (χ1n) is 10.6. The maximum atomic E-state index is 11.4. The molecule has 0 aromatic carbocycles. The van der Waals surface area contributed by atoms with Gasteiger partial charge in [-0.15, -0.1) is 0 Å². The van der Waals surface area contributed by atoms with Gasteiger partial charge in [0.2, 0.25) is 0 Å². The van der Waals surface area contributed by atoms with Crippen LogP contribution in [0.25, 0.3) is 0 Å². The van der Waals surface area contributed by atoms with E-state index in [1.165, 1.54) is 84.0 Å². The van der Waals surface area contributed by atoms with E-state index < -0.39 is 16.4 Å². The minimum atomic E-state index is -4.15. The summed E-state index contributed by atoms with van der Waals surface area (Å²) in [4.78, 5) is 11.4. The van der Waals surface area contributed by atoms with Crippen LogP contribution in [0.1, 0.15) is 117 Å². The summed E-state index contributed by atoms with van der Waals surface area (Å²) in [7, 11) is -4.15. The predicted octanol–water partition coefficient (Wildman–Crippen LogP) is 6.07. The third kappa shape index (κ3) is 18.2. The molecule has 5 nitrogen and oxygen atoms in total. The summed E-state index contributed by atoms with van der Waals surface area (Å²) in [6.45, 7) is 3.75. The van der Waals surface area contributed by atoms with Crippen molar-refractivity contribution in [3.05, 3.63) is 0 Å². The highest BCUT2D eigenvalue weighted by Gasteiger charge is 2.16. The van der Waals surface area contributed by atoms with Gasteiger partial charge in [0.1, 0.15) is 0 Å². The van der Waals surface area contributed by atoms with Crippen molar-refractivity contribution < 1.29 is 21.6 Å². The van der Waals surface area contributed by atoms with Gasteiger partial charge in [0, 0.05) is 6.42 Å². The van der Waals surface area contributed by atoms with Gasteiger partial charge in [-0.05, 0) is 13.3 Å². The Morgan fingerprint density at radius 1 is 0.654 bits per heavy atom. The summed E-state index contributed by atoms with van der Waals surface area (Å²) in [6, 6.07) is 0. The summed E-state index contributed by atoms with van der Waals surface area (Å²) < 4.78 is 30.9. The van der Waals surface area contributed by atoms with E-state index in [0.717, 1.165) is 12.8 Å². The molecule has 6 heteroatoms. The van der Waals surface area contributed by atoms with E-state index in [0.29, 0.717) is 6.42 Å². The quantitative estimate of drug-likeness (QED) is 0.249. The van der Waals surface area contributed by atoms with E-state index in [1.54, 1.807) is 0 Å². The molecule has 156 valence electrons. The molecular weight excluding hydrogens is 352 g/mol. The normalized spacial score (nSPS) is 11.6. The fourth-order valence-corrected chi connectivity index (χ4v) is 3.61. The monoisotopic (exact) mass is 392 g/mol. The molecule has 0 bridgehead atoms. The molecule has 26 heavy (non-hydrogen) atoms. The Balaban J connectivity index is 3.28. The van der Waals surface area contributed by atoms with E-state index in [4.69, 9.17) is 0 Å². The molecule has 0 spiro atoms. The highest BCUT2D eigenvalue weighted by atomic mass is 32.3. The van der Waals surface area contributed by atoms with E-state index in [9.17, 15) is 13.2 Å². The fraction of sp³-hybridized carbons (Fsp3) is 0.950. The third-order valence-corrected chi connectivity index (χ3v) is 5.36. The molecule has 0 unspecified atom stereocenters. The van der Waals surface area contributed by atoms with E-state index in [2.05, 4.69) is 15.3 Å². The standard InChI is InChI=1S/C20H40O5S/c1-3-5-6-7-8-9-10-11-12-13-14-15-16-17-18-19-20(21)25-26(22,23)24-4-2/h3-19H2,1-2H3. The van der Waals surface area contributed by atoms with Crippen LogP contribution in [0.3, 0.4) is 0 Å². The van der Waals surface area contributed by atoms with E-state index in [-0.39, 0.29) is 13.0 Å². The van der Waals surface area contributed by atoms with E-state index >= 15 is 0 Å². The molecule has 0 aliphatic carbocycles. The first kappa shape index (κ1) is 25.4. The minimum Gasteiger partial charge on any atom is -0.325 e. The molecule has 0 aromatic rings. The maximum Gasteiger partial charge on any atom is 0.451 e.